The van der Waals surface area contributed by atoms with E-state index in [1.807, 2.05) is 0 Å². The number of piperidine rings is 1. The summed E-state index contributed by atoms with van der Waals surface area (Å²) in [6.45, 7) is 2.08. The number of carbonyl (C=O) groups excluding carboxylic acids is 2. The van der Waals surface area contributed by atoms with Crippen molar-refractivity contribution in [2.24, 2.45) is 5.92 Å². The van der Waals surface area contributed by atoms with Crippen LogP contribution in [0.25, 0.3) is 5.82 Å². The molecular weight excluding hydrogens is 407 g/mol. The SMILES string of the molecule is CCOC(=O)C1CCCN(C(=O)c2cnn(-c3ccc(OC)nn3)c2C(F)(F)F)C1. The van der Waals surface area contributed by atoms with Crippen LogP contribution in [-0.2, 0) is 15.7 Å². The lowest BCUT2D eigenvalue weighted by atomic mass is 9.97. The normalized spacial score (nSPS) is 17.0. The number of halogens is 3. The predicted molar refractivity (Wildman–Crippen MR) is 96.0 cm³/mol. The van der Waals surface area contributed by atoms with Gasteiger partial charge in [-0.15, -0.1) is 10.2 Å². The largest absolute Gasteiger partial charge is 0.480 e. The Morgan fingerprint density at radius 1 is 1.27 bits per heavy atom. The topological polar surface area (TPSA) is 99.4 Å². The number of alkyl halides is 3. The molecule has 30 heavy (non-hydrogen) atoms. The number of carbonyl (C=O) groups is 2. The molecule has 0 aromatic carbocycles. The monoisotopic (exact) mass is 427 g/mol. The molecule has 0 bridgehead atoms. The fraction of sp³-hybridized carbons (Fsp3) is 0.500. The summed E-state index contributed by atoms with van der Waals surface area (Å²) in [6, 6.07) is 2.58. The summed E-state index contributed by atoms with van der Waals surface area (Å²) in [7, 11) is 1.34. The number of esters is 1. The van der Waals surface area contributed by atoms with Crippen LogP contribution in [0.2, 0.25) is 0 Å². The van der Waals surface area contributed by atoms with Crippen LogP contribution >= 0.6 is 0 Å². The molecule has 1 unspecified atom stereocenters. The number of ether oxygens (including phenoxy) is 2. The Bertz CT molecular complexity index is 914. The maximum atomic E-state index is 13.8. The Morgan fingerprint density at radius 2 is 2.03 bits per heavy atom. The van der Waals surface area contributed by atoms with Crippen molar-refractivity contribution in [3.8, 4) is 11.7 Å². The van der Waals surface area contributed by atoms with Crippen LogP contribution in [0.1, 0.15) is 35.8 Å². The van der Waals surface area contributed by atoms with Gasteiger partial charge in [0.25, 0.3) is 5.91 Å². The number of nitrogens with zero attached hydrogens (tertiary/aromatic N) is 5. The Morgan fingerprint density at radius 3 is 2.63 bits per heavy atom. The molecular formula is C18H20F3N5O4. The molecule has 0 N–H and O–H groups in total. The summed E-state index contributed by atoms with van der Waals surface area (Å²) in [5, 5.41) is 11.0. The van der Waals surface area contributed by atoms with Crippen molar-refractivity contribution >= 4 is 11.9 Å². The lowest BCUT2D eigenvalue weighted by molar-refractivity contribution is -0.149. The van der Waals surface area contributed by atoms with E-state index in [9.17, 15) is 22.8 Å². The van der Waals surface area contributed by atoms with Crippen molar-refractivity contribution in [1.82, 2.24) is 24.9 Å². The van der Waals surface area contributed by atoms with E-state index in [0.29, 0.717) is 17.5 Å². The Balaban J connectivity index is 1.92. The molecule has 9 nitrogen and oxygen atoms in total. The molecule has 3 heterocycles. The van der Waals surface area contributed by atoms with E-state index in [2.05, 4.69) is 15.3 Å². The average molecular weight is 427 g/mol. The Kier molecular flexibility index (Phi) is 6.22. The van der Waals surface area contributed by atoms with Gasteiger partial charge in [0.1, 0.15) is 0 Å². The van der Waals surface area contributed by atoms with Gasteiger partial charge in [0.15, 0.2) is 11.5 Å². The van der Waals surface area contributed by atoms with Gasteiger partial charge in [0.2, 0.25) is 5.88 Å². The second-order valence-corrected chi connectivity index (χ2v) is 6.59. The minimum absolute atomic E-state index is 0.0114. The minimum Gasteiger partial charge on any atom is -0.480 e. The molecule has 1 fully saturated rings. The van der Waals surface area contributed by atoms with E-state index in [-0.39, 0.29) is 31.4 Å². The third-order valence-electron chi connectivity index (χ3n) is 4.65. The zero-order valence-corrected chi connectivity index (χ0v) is 16.3. The van der Waals surface area contributed by atoms with Gasteiger partial charge in [-0.25, -0.2) is 4.68 Å². The standard InChI is InChI=1S/C18H20F3N5O4/c1-3-30-17(28)11-5-4-8-25(10-11)16(27)12-9-22-26(15(12)18(19,20)21)13-6-7-14(29-2)24-23-13/h6-7,9,11H,3-5,8,10H2,1-2H3. The van der Waals surface area contributed by atoms with Gasteiger partial charge in [-0.1, -0.05) is 0 Å². The number of amides is 1. The second kappa shape index (κ2) is 8.67. The molecule has 3 rings (SSSR count). The first-order valence-electron chi connectivity index (χ1n) is 9.25. The highest BCUT2D eigenvalue weighted by atomic mass is 19.4. The molecule has 162 valence electrons. The lowest BCUT2D eigenvalue weighted by Crippen LogP contribution is -2.43. The molecule has 1 amide bonds. The van der Waals surface area contributed by atoms with Crippen molar-refractivity contribution < 1.29 is 32.2 Å². The summed E-state index contributed by atoms with van der Waals surface area (Å²) < 4.78 is 51.8. The van der Waals surface area contributed by atoms with Gasteiger partial charge >= 0.3 is 12.1 Å². The van der Waals surface area contributed by atoms with Gasteiger partial charge in [0, 0.05) is 19.2 Å². The maximum Gasteiger partial charge on any atom is 0.434 e. The Labute approximate surface area is 169 Å². The fourth-order valence-electron chi connectivity index (χ4n) is 3.27. The number of hydrogen-bond donors (Lipinski definition) is 0. The average Bonchev–Trinajstić information content (AvgIpc) is 3.19. The van der Waals surface area contributed by atoms with E-state index in [1.165, 1.54) is 24.1 Å². The van der Waals surface area contributed by atoms with Crippen molar-refractivity contribution in [2.45, 2.75) is 25.9 Å². The molecule has 1 aliphatic rings. The number of aromatic nitrogens is 4. The van der Waals surface area contributed by atoms with Crippen LogP contribution < -0.4 is 4.74 Å². The van der Waals surface area contributed by atoms with Gasteiger partial charge in [-0.3, -0.25) is 9.59 Å². The maximum absolute atomic E-state index is 13.8. The van der Waals surface area contributed by atoms with Crippen LogP contribution in [-0.4, -0.2) is 63.6 Å². The molecule has 12 heteroatoms. The van der Waals surface area contributed by atoms with Gasteiger partial charge in [0.05, 0.1) is 31.4 Å². The molecule has 1 aliphatic heterocycles. The molecule has 1 saturated heterocycles. The molecule has 0 radical (unpaired) electrons. The van der Waals surface area contributed by atoms with Gasteiger partial charge in [-0.05, 0) is 25.8 Å². The van der Waals surface area contributed by atoms with Crippen molar-refractivity contribution in [3.63, 3.8) is 0 Å². The van der Waals surface area contributed by atoms with E-state index in [1.54, 1.807) is 6.92 Å². The van der Waals surface area contributed by atoms with E-state index in [4.69, 9.17) is 9.47 Å². The van der Waals surface area contributed by atoms with E-state index in [0.717, 1.165) is 6.20 Å². The second-order valence-electron chi connectivity index (χ2n) is 6.59. The first-order chi connectivity index (χ1) is 14.3. The highest BCUT2D eigenvalue weighted by Gasteiger charge is 2.42. The quantitative estimate of drug-likeness (QED) is 0.674. The molecule has 1 atom stereocenters. The highest BCUT2D eigenvalue weighted by Crippen LogP contribution is 2.34. The summed E-state index contributed by atoms with van der Waals surface area (Å²) >= 11 is 0. The van der Waals surface area contributed by atoms with Crippen molar-refractivity contribution in [3.05, 3.63) is 29.6 Å². The number of methoxy groups -OCH3 is 1. The third-order valence-corrected chi connectivity index (χ3v) is 4.65. The van der Waals surface area contributed by atoms with Crippen LogP contribution in [0.15, 0.2) is 18.3 Å². The molecule has 0 saturated carbocycles. The van der Waals surface area contributed by atoms with Gasteiger partial charge in [-0.2, -0.15) is 18.3 Å². The molecule has 0 spiro atoms. The highest BCUT2D eigenvalue weighted by molar-refractivity contribution is 5.96. The lowest BCUT2D eigenvalue weighted by Gasteiger charge is -2.31. The van der Waals surface area contributed by atoms with Crippen molar-refractivity contribution in [2.75, 3.05) is 26.8 Å². The number of likely N-dealkylation sites (tertiary alicyclic amines) is 1. The molecule has 2 aromatic heterocycles. The Hall–Kier alpha value is -3.18. The smallest absolute Gasteiger partial charge is 0.434 e. The summed E-state index contributed by atoms with van der Waals surface area (Å²) in [6.07, 6.45) is -3.03. The number of rotatable bonds is 5. The minimum atomic E-state index is -4.88. The zero-order valence-electron chi connectivity index (χ0n) is 16.3. The summed E-state index contributed by atoms with van der Waals surface area (Å²) in [5.74, 6) is -1.99. The summed E-state index contributed by atoms with van der Waals surface area (Å²) in [5.41, 5.74) is -1.88. The van der Waals surface area contributed by atoms with Crippen LogP contribution in [0.4, 0.5) is 13.2 Å². The van der Waals surface area contributed by atoms with Crippen molar-refractivity contribution in [1.29, 1.82) is 0 Å². The summed E-state index contributed by atoms with van der Waals surface area (Å²) in [4.78, 5) is 26.1. The van der Waals surface area contributed by atoms with Gasteiger partial charge < -0.3 is 14.4 Å². The first kappa shape index (κ1) is 21.5. The molecule has 0 aliphatic carbocycles. The predicted octanol–water partition coefficient (Wildman–Crippen LogP) is 2.10. The number of hydrogen-bond acceptors (Lipinski definition) is 7. The molecule has 2 aromatic rings. The first-order valence-corrected chi connectivity index (χ1v) is 9.25. The van der Waals surface area contributed by atoms with E-state index < -0.39 is 35.2 Å². The third kappa shape index (κ3) is 4.36. The van der Waals surface area contributed by atoms with Crippen LogP contribution in [0.5, 0.6) is 5.88 Å². The van der Waals surface area contributed by atoms with E-state index >= 15 is 0 Å². The fourth-order valence-corrected chi connectivity index (χ4v) is 3.27. The zero-order chi connectivity index (χ0) is 21.9. The van der Waals surface area contributed by atoms with Crippen LogP contribution in [0, 0.1) is 5.92 Å². The van der Waals surface area contributed by atoms with Crippen LogP contribution in [0.3, 0.4) is 0 Å².